The van der Waals surface area contributed by atoms with Gasteiger partial charge in [0.1, 0.15) is 0 Å². The third kappa shape index (κ3) is 5.10. The minimum absolute atomic E-state index is 0.00533. The molecular weight excluding hydrogens is 286 g/mol. The van der Waals surface area contributed by atoms with Crippen LogP contribution in [0.3, 0.4) is 0 Å². The first-order valence-corrected chi connectivity index (χ1v) is 8.40. The van der Waals surface area contributed by atoms with Crippen LogP contribution >= 0.6 is 11.6 Å². The fraction of sp³-hybridized carbons (Fsp3) is 0.538. The molecule has 0 radical (unpaired) electrons. The average molecular weight is 304 g/mol. The lowest BCUT2D eigenvalue weighted by molar-refractivity contribution is 0.182. The number of hydrogen-bond donors (Lipinski definition) is 2. The SMILES string of the molecule is O=S(=O)(CCC1CC1)NCC(O)c1ccc(Cl)cc1. The monoisotopic (exact) mass is 303 g/mol. The van der Waals surface area contributed by atoms with Crippen LogP contribution in [0.2, 0.25) is 5.02 Å². The predicted molar refractivity (Wildman–Crippen MR) is 75.5 cm³/mol. The lowest BCUT2D eigenvalue weighted by Gasteiger charge is -2.12. The van der Waals surface area contributed by atoms with Gasteiger partial charge in [-0.3, -0.25) is 0 Å². The number of aliphatic hydroxyl groups is 1. The molecule has 106 valence electrons. The highest BCUT2D eigenvalue weighted by Crippen LogP contribution is 2.32. The molecule has 6 heteroatoms. The van der Waals surface area contributed by atoms with Crippen molar-refractivity contribution in [2.24, 2.45) is 5.92 Å². The maximum Gasteiger partial charge on any atom is 0.211 e. The minimum Gasteiger partial charge on any atom is -0.387 e. The fourth-order valence-corrected chi connectivity index (χ4v) is 3.13. The molecule has 1 aliphatic carbocycles. The summed E-state index contributed by atoms with van der Waals surface area (Å²) in [6.07, 6.45) is 2.14. The van der Waals surface area contributed by atoms with Gasteiger partial charge in [0.2, 0.25) is 10.0 Å². The minimum atomic E-state index is -3.28. The van der Waals surface area contributed by atoms with Crippen LogP contribution in [-0.4, -0.2) is 25.8 Å². The standard InChI is InChI=1S/C13H18ClNO3S/c14-12-5-3-11(4-6-12)13(16)9-15-19(17,18)8-7-10-1-2-10/h3-6,10,13,15-16H,1-2,7-9H2. The van der Waals surface area contributed by atoms with E-state index in [-0.39, 0.29) is 12.3 Å². The zero-order chi connectivity index (χ0) is 13.9. The van der Waals surface area contributed by atoms with Crippen LogP contribution in [-0.2, 0) is 10.0 Å². The van der Waals surface area contributed by atoms with Crippen molar-refractivity contribution in [2.45, 2.75) is 25.4 Å². The summed E-state index contributed by atoms with van der Waals surface area (Å²) < 4.78 is 25.9. The summed E-state index contributed by atoms with van der Waals surface area (Å²) in [6, 6.07) is 6.71. The van der Waals surface area contributed by atoms with Gasteiger partial charge < -0.3 is 5.11 Å². The first-order valence-electron chi connectivity index (χ1n) is 6.37. The first kappa shape index (κ1) is 14.8. The number of rotatable bonds is 7. The van der Waals surface area contributed by atoms with Crippen molar-refractivity contribution in [3.63, 3.8) is 0 Å². The molecule has 2 rings (SSSR count). The summed E-state index contributed by atoms with van der Waals surface area (Å²) in [6.45, 7) is -0.00533. The Hall–Kier alpha value is -0.620. The number of benzene rings is 1. The molecule has 0 bridgehead atoms. The number of nitrogens with one attached hydrogen (secondary N) is 1. The average Bonchev–Trinajstić information content (AvgIpc) is 3.19. The Labute approximate surface area is 118 Å². The molecule has 0 aromatic heterocycles. The van der Waals surface area contributed by atoms with Gasteiger partial charge in [-0.25, -0.2) is 13.1 Å². The molecule has 1 atom stereocenters. The summed E-state index contributed by atoms with van der Waals surface area (Å²) in [5.74, 6) is 0.725. The van der Waals surface area contributed by atoms with Crippen LogP contribution < -0.4 is 4.72 Å². The van der Waals surface area contributed by atoms with Gasteiger partial charge in [0.15, 0.2) is 0 Å². The lowest BCUT2D eigenvalue weighted by atomic mass is 10.1. The maximum absolute atomic E-state index is 11.7. The van der Waals surface area contributed by atoms with Crippen LogP contribution in [0.1, 0.15) is 30.9 Å². The summed E-state index contributed by atoms with van der Waals surface area (Å²) >= 11 is 5.75. The molecule has 2 N–H and O–H groups in total. The van der Waals surface area contributed by atoms with E-state index in [1.165, 1.54) is 0 Å². The van der Waals surface area contributed by atoms with E-state index in [1.807, 2.05) is 0 Å². The van der Waals surface area contributed by atoms with Crippen molar-refractivity contribution in [1.29, 1.82) is 0 Å². The Bertz CT molecular complexity index is 511. The molecule has 0 amide bonds. The second-order valence-electron chi connectivity index (χ2n) is 4.97. The van der Waals surface area contributed by atoms with Crippen molar-refractivity contribution in [1.82, 2.24) is 4.72 Å². The molecule has 0 spiro atoms. The van der Waals surface area contributed by atoms with E-state index in [0.29, 0.717) is 22.9 Å². The third-order valence-corrected chi connectivity index (χ3v) is 4.87. The van der Waals surface area contributed by atoms with E-state index in [9.17, 15) is 13.5 Å². The molecule has 1 fully saturated rings. The maximum atomic E-state index is 11.7. The topological polar surface area (TPSA) is 66.4 Å². The van der Waals surface area contributed by atoms with Crippen molar-refractivity contribution in [2.75, 3.05) is 12.3 Å². The van der Waals surface area contributed by atoms with E-state index in [0.717, 1.165) is 12.8 Å². The van der Waals surface area contributed by atoms with Gasteiger partial charge in [-0.15, -0.1) is 0 Å². The highest BCUT2D eigenvalue weighted by Gasteiger charge is 2.24. The number of hydrogen-bond acceptors (Lipinski definition) is 3. The van der Waals surface area contributed by atoms with Crippen LogP contribution in [0.15, 0.2) is 24.3 Å². The summed E-state index contributed by atoms with van der Waals surface area (Å²) in [5.41, 5.74) is 0.647. The zero-order valence-electron chi connectivity index (χ0n) is 10.5. The predicted octanol–water partition coefficient (Wildman–Crippen LogP) is 2.09. The summed E-state index contributed by atoms with van der Waals surface area (Å²) in [4.78, 5) is 0. The summed E-state index contributed by atoms with van der Waals surface area (Å²) in [7, 11) is -3.28. The van der Waals surface area contributed by atoms with Crippen LogP contribution in [0.4, 0.5) is 0 Å². The molecular formula is C13H18ClNO3S. The van der Waals surface area contributed by atoms with E-state index in [1.54, 1.807) is 24.3 Å². The quantitative estimate of drug-likeness (QED) is 0.810. The van der Waals surface area contributed by atoms with Crippen LogP contribution in [0.25, 0.3) is 0 Å². The van der Waals surface area contributed by atoms with Crippen molar-refractivity contribution in [3.8, 4) is 0 Å². The smallest absolute Gasteiger partial charge is 0.211 e. The van der Waals surface area contributed by atoms with Crippen LogP contribution in [0.5, 0.6) is 0 Å². The Morgan fingerprint density at radius 1 is 1.32 bits per heavy atom. The molecule has 0 saturated heterocycles. The van der Waals surface area contributed by atoms with Crippen molar-refractivity contribution >= 4 is 21.6 Å². The Balaban J connectivity index is 1.81. The molecule has 0 aliphatic heterocycles. The van der Waals surface area contributed by atoms with Gasteiger partial charge >= 0.3 is 0 Å². The number of halogens is 1. The summed E-state index contributed by atoms with van der Waals surface area (Å²) in [5, 5.41) is 10.5. The van der Waals surface area contributed by atoms with Crippen LogP contribution in [0, 0.1) is 5.92 Å². The molecule has 4 nitrogen and oxygen atoms in total. The van der Waals surface area contributed by atoms with Gasteiger partial charge in [0.25, 0.3) is 0 Å². The van der Waals surface area contributed by atoms with E-state index >= 15 is 0 Å². The highest BCUT2D eigenvalue weighted by atomic mass is 35.5. The highest BCUT2D eigenvalue weighted by molar-refractivity contribution is 7.89. The van der Waals surface area contributed by atoms with Gasteiger partial charge in [0.05, 0.1) is 11.9 Å². The van der Waals surface area contributed by atoms with E-state index < -0.39 is 16.1 Å². The first-order chi connectivity index (χ1) is 8.96. The van der Waals surface area contributed by atoms with Gasteiger partial charge in [-0.1, -0.05) is 36.6 Å². The fourth-order valence-electron chi connectivity index (χ4n) is 1.81. The Morgan fingerprint density at radius 3 is 2.53 bits per heavy atom. The second kappa shape index (κ2) is 6.22. The Morgan fingerprint density at radius 2 is 1.95 bits per heavy atom. The van der Waals surface area contributed by atoms with Gasteiger partial charge in [0, 0.05) is 11.6 Å². The van der Waals surface area contributed by atoms with Crippen molar-refractivity contribution < 1.29 is 13.5 Å². The normalized spacial score (nSPS) is 17.4. The van der Waals surface area contributed by atoms with E-state index in [2.05, 4.69) is 4.72 Å². The van der Waals surface area contributed by atoms with Crippen molar-refractivity contribution in [3.05, 3.63) is 34.9 Å². The molecule has 1 aromatic carbocycles. The lowest BCUT2D eigenvalue weighted by Crippen LogP contribution is -2.30. The van der Waals surface area contributed by atoms with Gasteiger partial charge in [-0.05, 0) is 30.0 Å². The third-order valence-electron chi connectivity index (χ3n) is 3.24. The molecule has 1 saturated carbocycles. The molecule has 1 aliphatic rings. The largest absolute Gasteiger partial charge is 0.387 e. The second-order valence-corrected chi connectivity index (χ2v) is 7.33. The Kier molecular flexibility index (Phi) is 4.84. The molecule has 1 aromatic rings. The zero-order valence-corrected chi connectivity index (χ0v) is 12.1. The number of aliphatic hydroxyl groups excluding tert-OH is 1. The molecule has 0 heterocycles. The van der Waals surface area contributed by atoms with Gasteiger partial charge in [-0.2, -0.15) is 0 Å². The molecule has 1 unspecified atom stereocenters. The number of sulfonamides is 1. The van der Waals surface area contributed by atoms with E-state index in [4.69, 9.17) is 11.6 Å². The molecule has 19 heavy (non-hydrogen) atoms.